The molecule has 0 saturated carbocycles. The highest BCUT2D eigenvalue weighted by molar-refractivity contribution is 7.99. The van der Waals surface area contributed by atoms with Gasteiger partial charge in [0.15, 0.2) is 11.0 Å². The Labute approximate surface area is 169 Å². The molecule has 0 saturated heterocycles. The van der Waals surface area contributed by atoms with Crippen LogP contribution in [-0.4, -0.2) is 38.0 Å². The molecule has 0 aliphatic rings. The van der Waals surface area contributed by atoms with Crippen molar-refractivity contribution in [2.75, 3.05) is 12.3 Å². The molecule has 28 heavy (non-hydrogen) atoms. The molecule has 0 fully saturated rings. The maximum atomic E-state index is 12.1. The first-order valence-corrected chi connectivity index (χ1v) is 10.3. The van der Waals surface area contributed by atoms with E-state index in [0.29, 0.717) is 23.4 Å². The van der Waals surface area contributed by atoms with Gasteiger partial charge in [0.2, 0.25) is 5.91 Å². The monoisotopic (exact) mass is 395 g/mol. The van der Waals surface area contributed by atoms with Gasteiger partial charge in [-0.15, -0.1) is 10.2 Å². The Morgan fingerprint density at radius 3 is 2.54 bits per heavy atom. The van der Waals surface area contributed by atoms with Gasteiger partial charge in [0, 0.05) is 24.5 Å². The minimum Gasteiger partial charge on any atom is -0.355 e. The van der Waals surface area contributed by atoms with Crippen LogP contribution < -0.4 is 5.32 Å². The average molecular weight is 396 g/mol. The normalized spacial score (nSPS) is 11.0. The van der Waals surface area contributed by atoms with E-state index in [4.69, 9.17) is 0 Å². The zero-order chi connectivity index (χ0) is 20.1. The zero-order valence-corrected chi connectivity index (χ0v) is 17.5. The summed E-state index contributed by atoms with van der Waals surface area (Å²) in [6.07, 6.45) is 3.47. The summed E-state index contributed by atoms with van der Waals surface area (Å²) in [4.78, 5) is 16.2. The van der Waals surface area contributed by atoms with Crippen molar-refractivity contribution < 1.29 is 4.79 Å². The number of rotatable bonds is 7. The minimum absolute atomic E-state index is 0.00111. The van der Waals surface area contributed by atoms with Crippen molar-refractivity contribution in [3.05, 3.63) is 53.9 Å². The molecular formula is C21H25N5OS. The molecule has 6 nitrogen and oxygen atoms in total. The van der Waals surface area contributed by atoms with Crippen LogP contribution in [-0.2, 0) is 4.79 Å². The van der Waals surface area contributed by atoms with Crippen LogP contribution in [0.2, 0.25) is 0 Å². The molecule has 0 radical (unpaired) electrons. The Kier molecular flexibility index (Phi) is 6.46. The standard InChI is InChI=1S/C21H25N5OS/c1-14(2)12-23-19(27)13-28-21-25-24-20(17-7-9-22-10-8-17)26(21)18-6-5-15(3)16(4)11-18/h5-11,14H,12-13H2,1-4H3,(H,23,27). The van der Waals surface area contributed by atoms with Gasteiger partial charge in [0.25, 0.3) is 0 Å². The van der Waals surface area contributed by atoms with E-state index in [-0.39, 0.29) is 5.91 Å². The predicted molar refractivity (Wildman–Crippen MR) is 113 cm³/mol. The highest BCUT2D eigenvalue weighted by Crippen LogP contribution is 2.28. The highest BCUT2D eigenvalue weighted by atomic mass is 32.2. The van der Waals surface area contributed by atoms with Crippen molar-refractivity contribution in [2.24, 2.45) is 5.92 Å². The van der Waals surface area contributed by atoms with Crippen LogP contribution in [0.5, 0.6) is 0 Å². The fraction of sp³-hybridized carbons (Fsp3) is 0.333. The van der Waals surface area contributed by atoms with Crippen molar-refractivity contribution in [1.82, 2.24) is 25.1 Å². The second kappa shape index (κ2) is 9.01. The molecule has 146 valence electrons. The summed E-state index contributed by atoms with van der Waals surface area (Å²) in [5.41, 5.74) is 4.32. The van der Waals surface area contributed by atoms with E-state index in [1.165, 1.54) is 22.9 Å². The van der Waals surface area contributed by atoms with Crippen LogP contribution in [0.1, 0.15) is 25.0 Å². The van der Waals surface area contributed by atoms with Gasteiger partial charge < -0.3 is 5.32 Å². The van der Waals surface area contributed by atoms with Gasteiger partial charge in [-0.3, -0.25) is 14.3 Å². The summed E-state index contributed by atoms with van der Waals surface area (Å²) >= 11 is 1.39. The van der Waals surface area contributed by atoms with Crippen molar-refractivity contribution in [1.29, 1.82) is 0 Å². The number of carbonyl (C=O) groups excluding carboxylic acids is 1. The van der Waals surface area contributed by atoms with E-state index >= 15 is 0 Å². The maximum Gasteiger partial charge on any atom is 0.230 e. The van der Waals surface area contributed by atoms with Crippen molar-refractivity contribution >= 4 is 17.7 Å². The van der Waals surface area contributed by atoms with Crippen LogP contribution in [0.25, 0.3) is 17.1 Å². The lowest BCUT2D eigenvalue weighted by Crippen LogP contribution is -2.28. The Morgan fingerprint density at radius 2 is 1.86 bits per heavy atom. The lowest BCUT2D eigenvalue weighted by Gasteiger charge is -2.12. The van der Waals surface area contributed by atoms with Crippen LogP contribution in [0.3, 0.4) is 0 Å². The van der Waals surface area contributed by atoms with E-state index in [0.717, 1.165) is 17.1 Å². The van der Waals surface area contributed by atoms with E-state index in [1.807, 2.05) is 16.7 Å². The highest BCUT2D eigenvalue weighted by Gasteiger charge is 2.17. The second-order valence-corrected chi connectivity index (χ2v) is 8.08. The Morgan fingerprint density at radius 1 is 1.11 bits per heavy atom. The van der Waals surface area contributed by atoms with Gasteiger partial charge in [-0.05, 0) is 55.2 Å². The Balaban J connectivity index is 1.93. The van der Waals surface area contributed by atoms with E-state index < -0.39 is 0 Å². The number of carbonyl (C=O) groups is 1. The smallest absolute Gasteiger partial charge is 0.230 e. The Bertz CT molecular complexity index is 953. The first kappa shape index (κ1) is 20.1. The molecule has 0 atom stereocenters. The largest absolute Gasteiger partial charge is 0.355 e. The number of pyridine rings is 1. The topological polar surface area (TPSA) is 72.7 Å². The third-order valence-electron chi connectivity index (χ3n) is 4.36. The molecule has 1 N–H and O–H groups in total. The number of nitrogens with zero attached hydrogens (tertiary/aromatic N) is 4. The van der Waals surface area contributed by atoms with Crippen LogP contribution >= 0.6 is 11.8 Å². The fourth-order valence-corrected chi connectivity index (χ4v) is 3.43. The molecule has 0 aliphatic carbocycles. The number of hydrogen-bond acceptors (Lipinski definition) is 5. The number of aryl methyl sites for hydroxylation is 2. The second-order valence-electron chi connectivity index (χ2n) is 7.13. The summed E-state index contributed by atoms with van der Waals surface area (Å²) in [6, 6.07) is 10.1. The number of nitrogens with one attached hydrogen (secondary N) is 1. The summed E-state index contributed by atoms with van der Waals surface area (Å²) in [6.45, 7) is 8.99. The molecule has 0 bridgehead atoms. The van der Waals surface area contributed by atoms with Gasteiger partial charge in [-0.25, -0.2) is 0 Å². The molecule has 0 spiro atoms. The Hall–Kier alpha value is -2.67. The lowest BCUT2D eigenvalue weighted by atomic mass is 10.1. The lowest BCUT2D eigenvalue weighted by molar-refractivity contribution is -0.118. The van der Waals surface area contributed by atoms with Crippen molar-refractivity contribution in [2.45, 2.75) is 32.9 Å². The van der Waals surface area contributed by atoms with Gasteiger partial charge >= 0.3 is 0 Å². The summed E-state index contributed by atoms with van der Waals surface area (Å²) in [7, 11) is 0. The van der Waals surface area contributed by atoms with Crippen molar-refractivity contribution in [3.63, 3.8) is 0 Å². The SMILES string of the molecule is Cc1ccc(-n2c(SCC(=O)NCC(C)C)nnc2-c2ccncc2)cc1C. The zero-order valence-electron chi connectivity index (χ0n) is 16.6. The van der Waals surface area contributed by atoms with Gasteiger partial charge in [-0.2, -0.15) is 0 Å². The van der Waals surface area contributed by atoms with Gasteiger partial charge in [0.05, 0.1) is 11.4 Å². The molecular weight excluding hydrogens is 370 g/mol. The third kappa shape index (κ3) is 4.78. The van der Waals surface area contributed by atoms with Crippen LogP contribution in [0, 0.1) is 19.8 Å². The number of aromatic nitrogens is 4. The van der Waals surface area contributed by atoms with Crippen LogP contribution in [0.4, 0.5) is 0 Å². The molecule has 1 amide bonds. The molecule has 7 heteroatoms. The summed E-state index contributed by atoms with van der Waals surface area (Å²) < 4.78 is 2.00. The third-order valence-corrected chi connectivity index (χ3v) is 5.29. The van der Waals surface area contributed by atoms with Crippen LogP contribution in [0.15, 0.2) is 47.9 Å². The molecule has 3 aromatic rings. The van der Waals surface area contributed by atoms with E-state index in [2.05, 4.69) is 66.4 Å². The van der Waals surface area contributed by atoms with Gasteiger partial charge in [0.1, 0.15) is 0 Å². The van der Waals surface area contributed by atoms with Crippen molar-refractivity contribution in [3.8, 4) is 17.1 Å². The maximum absolute atomic E-state index is 12.1. The molecule has 1 aromatic carbocycles. The quantitative estimate of drug-likeness (QED) is 0.616. The average Bonchev–Trinajstić information content (AvgIpc) is 3.11. The number of benzene rings is 1. The first-order valence-electron chi connectivity index (χ1n) is 9.28. The van der Waals surface area contributed by atoms with E-state index in [9.17, 15) is 4.79 Å². The fourth-order valence-electron chi connectivity index (χ4n) is 2.65. The molecule has 0 unspecified atom stereocenters. The predicted octanol–water partition coefficient (Wildman–Crippen LogP) is 3.81. The van der Waals surface area contributed by atoms with Gasteiger partial charge in [-0.1, -0.05) is 31.7 Å². The summed E-state index contributed by atoms with van der Waals surface area (Å²) in [5, 5.41) is 12.4. The molecule has 3 rings (SSSR count). The van der Waals surface area contributed by atoms with E-state index in [1.54, 1.807) is 12.4 Å². The summed E-state index contributed by atoms with van der Waals surface area (Å²) in [5.74, 6) is 1.45. The minimum atomic E-state index is -0.00111. The number of amides is 1. The first-order chi connectivity index (χ1) is 13.5. The molecule has 2 aromatic heterocycles. The molecule has 0 aliphatic heterocycles. The number of hydrogen-bond donors (Lipinski definition) is 1. The number of thioether (sulfide) groups is 1. The molecule has 2 heterocycles.